The molecule has 0 saturated carbocycles. The Bertz CT molecular complexity index is 588. The Labute approximate surface area is 122 Å². The molecule has 2 fully saturated rings. The predicted molar refractivity (Wildman–Crippen MR) is 77.7 cm³/mol. The first-order valence-corrected chi connectivity index (χ1v) is 7.20. The maximum Gasteiger partial charge on any atom is 0.338 e. The lowest BCUT2D eigenvalue weighted by Gasteiger charge is -2.36. The highest BCUT2D eigenvalue weighted by Gasteiger charge is 2.40. The highest BCUT2D eigenvalue weighted by Crippen LogP contribution is 2.29. The Morgan fingerprint density at radius 1 is 1.48 bits per heavy atom. The number of nitrogen functional groups attached to an aromatic ring is 1. The van der Waals surface area contributed by atoms with Crippen molar-refractivity contribution >= 4 is 17.6 Å². The van der Waals surface area contributed by atoms with Crippen LogP contribution in [0.25, 0.3) is 0 Å². The van der Waals surface area contributed by atoms with E-state index >= 15 is 0 Å². The number of aromatic carboxylic acids is 1. The molecule has 0 bridgehead atoms. The SMILES string of the molecule is Nc1cccc(CN2CCCC3C(=O)NCC32)c1C(=O)O. The Morgan fingerprint density at radius 2 is 2.29 bits per heavy atom. The zero-order chi connectivity index (χ0) is 15.0. The molecule has 2 heterocycles. The number of carboxylic acids is 1. The second kappa shape index (κ2) is 5.37. The van der Waals surface area contributed by atoms with Gasteiger partial charge in [0, 0.05) is 24.8 Å². The number of hydrogen-bond acceptors (Lipinski definition) is 4. The topological polar surface area (TPSA) is 95.7 Å². The van der Waals surface area contributed by atoms with Gasteiger partial charge in [-0.15, -0.1) is 0 Å². The second-order valence-electron chi connectivity index (χ2n) is 5.72. The van der Waals surface area contributed by atoms with Crippen molar-refractivity contribution in [3.63, 3.8) is 0 Å². The minimum atomic E-state index is -1.00. The van der Waals surface area contributed by atoms with Crippen LogP contribution in [0, 0.1) is 5.92 Å². The van der Waals surface area contributed by atoms with Gasteiger partial charge < -0.3 is 16.2 Å². The predicted octanol–water partition coefficient (Wildman–Crippen LogP) is 0.677. The molecule has 0 spiro atoms. The van der Waals surface area contributed by atoms with Crippen LogP contribution in [0.4, 0.5) is 5.69 Å². The van der Waals surface area contributed by atoms with Crippen molar-refractivity contribution in [3.05, 3.63) is 29.3 Å². The molecule has 6 nitrogen and oxygen atoms in total. The van der Waals surface area contributed by atoms with Crippen molar-refractivity contribution in [3.8, 4) is 0 Å². The van der Waals surface area contributed by atoms with Crippen LogP contribution >= 0.6 is 0 Å². The number of likely N-dealkylation sites (tertiary alicyclic amines) is 1. The number of fused-ring (bicyclic) bond motifs is 1. The van der Waals surface area contributed by atoms with E-state index in [2.05, 4.69) is 10.2 Å². The smallest absolute Gasteiger partial charge is 0.338 e. The lowest BCUT2D eigenvalue weighted by atomic mass is 9.90. The fourth-order valence-corrected chi connectivity index (χ4v) is 3.47. The third kappa shape index (κ3) is 2.47. The molecule has 3 rings (SSSR count). The minimum absolute atomic E-state index is 0.0353. The summed E-state index contributed by atoms with van der Waals surface area (Å²) in [6.07, 6.45) is 1.87. The zero-order valence-electron chi connectivity index (χ0n) is 11.7. The summed E-state index contributed by atoms with van der Waals surface area (Å²) >= 11 is 0. The fraction of sp³-hybridized carbons (Fsp3) is 0.467. The molecule has 1 aromatic carbocycles. The van der Waals surface area contributed by atoms with E-state index in [1.54, 1.807) is 18.2 Å². The van der Waals surface area contributed by atoms with E-state index < -0.39 is 5.97 Å². The molecule has 2 saturated heterocycles. The summed E-state index contributed by atoms with van der Waals surface area (Å²) in [6, 6.07) is 5.34. The van der Waals surface area contributed by atoms with Crippen molar-refractivity contribution in [2.24, 2.45) is 5.92 Å². The van der Waals surface area contributed by atoms with Crippen molar-refractivity contribution in [1.82, 2.24) is 10.2 Å². The van der Waals surface area contributed by atoms with Crippen LogP contribution in [0.2, 0.25) is 0 Å². The molecule has 4 N–H and O–H groups in total. The first-order chi connectivity index (χ1) is 10.1. The lowest BCUT2D eigenvalue weighted by Crippen LogP contribution is -2.45. The van der Waals surface area contributed by atoms with Crippen molar-refractivity contribution in [2.45, 2.75) is 25.4 Å². The third-order valence-electron chi connectivity index (χ3n) is 4.49. The minimum Gasteiger partial charge on any atom is -0.478 e. The van der Waals surface area contributed by atoms with E-state index in [1.807, 2.05) is 0 Å². The van der Waals surface area contributed by atoms with Gasteiger partial charge in [0.25, 0.3) is 0 Å². The average Bonchev–Trinajstić information content (AvgIpc) is 2.81. The third-order valence-corrected chi connectivity index (χ3v) is 4.49. The number of piperidine rings is 1. The van der Waals surface area contributed by atoms with Crippen LogP contribution < -0.4 is 11.1 Å². The number of nitrogens with zero attached hydrogens (tertiary/aromatic N) is 1. The van der Waals surface area contributed by atoms with Crippen molar-refractivity contribution in [1.29, 1.82) is 0 Å². The number of carbonyl (C=O) groups is 2. The fourth-order valence-electron chi connectivity index (χ4n) is 3.47. The Kier molecular flexibility index (Phi) is 3.55. The van der Waals surface area contributed by atoms with Gasteiger partial charge in [-0.05, 0) is 31.0 Å². The van der Waals surface area contributed by atoms with Crippen LogP contribution in [0.15, 0.2) is 18.2 Å². The Morgan fingerprint density at radius 3 is 3.05 bits per heavy atom. The standard InChI is InChI=1S/C15H19N3O3/c16-11-5-1-3-9(13(11)15(20)21)8-18-6-2-4-10-12(18)7-17-14(10)19/h1,3,5,10,12H,2,4,6-8,16H2,(H,17,19)(H,20,21). The molecule has 0 aliphatic carbocycles. The number of carboxylic acid groups (broad SMARTS) is 1. The lowest BCUT2D eigenvalue weighted by molar-refractivity contribution is -0.124. The van der Waals surface area contributed by atoms with E-state index in [0.29, 0.717) is 18.7 Å². The van der Waals surface area contributed by atoms with Crippen LogP contribution in [0.3, 0.4) is 0 Å². The summed E-state index contributed by atoms with van der Waals surface area (Å²) in [6.45, 7) is 2.04. The maximum atomic E-state index is 11.8. The molecule has 2 aliphatic heterocycles. The van der Waals surface area contributed by atoms with Gasteiger partial charge in [0.05, 0.1) is 11.5 Å². The summed E-state index contributed by atoms with van der Waals surface area (Å²) in [4.78, 5) is 25.4. The molecular weight excluding hydrogens is 270 g/mol. The molecule has 1 aromatic rings. The molecule has 0 aromatic heterocycles. The van der Waals surface area contributed by atoms with Gasteiger partial charge in [-0.2, -0.15) is 0 Å². The van der Waals surface area contributed by atoms with E-state index in [1.165, 1.54) is 0 Å². The quantitative estimate of drug-likeness (QED) is 0.711. The van der Waals surface area contributed by atoms with E-state index in [0.717, 1.165) is 19.4 Å². The Balaban J connectivity index is 1.85. The number of hydrogen-bond donors (Lipinski definition) is 3. The average molecular weight is 289 g/mol. The van der Waals surface area contributed by atoms with E-state index in [4.69, 9.17) is 5.73 Å². The molecule has 2 unspecified atom stereocenters. The molecule has 2 aliphatic rings. The highest BCUT2D eigenvalue weighted by molar-refractivity contribution is 5.95. The summed E-state index contributed by atoms with van der Waals surface area (Å²) in [5.74, 6) is -0.846. The van der Waals surface area contributed by atoms with Crippen LogP contribution in [0.5, 0.6) is 0 Å². The molecular formula is C15H19N3O3. The molecule has 112 valence electrons. The Hall–Kier alpha value is -2.08. The number of nitrogens with one attached hydrogen (secondary N) is 1. The van der Waals surface area contributed by atoms with Gasteiger partial charge in [-0.1, -0.05) is 12.1 Å². The zero-order valence-corrected chi connectivity index (χ0v) is 11.7. The van der Waals surface area contributed by atoms with E-state index in [9.17, 15) is 14.7 Å². The van der Waals surface area contributed by atoms with Gasteiger partial charge in [0.1, 0.15) is 0 Å². The first kappa shape index (κ1) is 13.9. The van der Waals surface area contributed by atoms with Gasteiger partial charge in [0.15, 0.2) is 0 Å². The molecule has 21 heavy (non-hydrogen) atoms. The molecule has 0 radical (unpaired) electrons. The maximum absolute atomic E-state index is 11.8. The number of benzene rings is 1. The van der Waals surface area contributed by atoms with E-state index in [-0.39, 0.29) is 29.1 Å². The first-order valence-electron chi connectivity index (χ1n) is 7.20. The summed E-state index contributed by atoms with van der Waals surface area (Å²) < 4.78 is 0. The number of amides is 1. The van der Waals surface area contributed by atoms with Gasteiger partial charge in [-0.25, -0.2) is 4.79 Å². The van der Waals surface area contributed by atoms with Gasteiger partial charge >= 0.3 is 5.97 Å². The summed E-state index contributed by atoms with van der Waals surface area (Å²) in [5.41, 5.74) is 6.97. The monoisotopic (exact) mass is 289 g/mol. The number of rotatable bonds is 3. The summed E-state index contributed by atoms with van der Waals surface area (Å²) in [7, 11) is 0. The molecule has 1 amide bonds. The summed E-state index contributed by atoms with van der Waals surface area (Å²) in [5, 5.41) is 12.2. The molecule has 6 heteroatoms. The largest absolute Gasteiger partial charge is 0.478 e. The van der Waals surface area contributed by atoms with Gasteiger partial charge in [0.2, 0.25) is 5.91 Å². The van der Waals surface area contributed by atoms with Crippen LogP contribution in [-0.4, -0.2) is 41.0 Å². The van der Waals surface area contributed by atoms with Crippen LogP contribution in [-0.2, 0) is 11.3 Å². The number of nitrogens with two attached hydrogens (primary N) is 1. The molecule has 2 atom stereocenters. The highest BCUT2D eigenvalue weighted by atomic mass is 16.4. The number of carbonyl (C=O) groups excluding carboxylic acids is 1. The van der Waals surface area contributed by atoms with Crippen molar-refractivity contribution < 1.29 is 14.7 Å². The second-order valence-corrected chi connectivity index (χ2v) is 5.72. The van der Waals surface area contributed by atoms with Gasteiger partial charge in [-0.3, -0.25) is 9.69 Å². The van der Waals surface area contributed by atoms with Crippen molar-refractivity contribution in [2.75, 3.05) is 18.8 Å². The van der Waals surface area contributed by atoms with Crippen LogP contribution in [0.1, 0.15) is 28.8 Å². The normalized spacial score (nSPS) is 25.4. The number of anilines is 1.